The molecule has 5 rings (SSSR count). The number of hydrogen-bond acceptors (Lipinski definition) is 6. The number of carbonyl (C=O) groups is 1. The fourth-order valence-corrected chi connectivity index (χ4v) is 6.52. The van der Waals surface area contributed by atoms with E-state index in [0.717, 1.165) is 67.4 Å². The van der Waals surface area contributed by atoms with E-state index in [-0.39, 0.29) is 18.0 Å². The molecule has 1 aromatic carbocycles. The van der Waals surface area contributed by atoms with E-state index in [2.05, 4.69) is 17.1 Å². The summed E-state index contributed by atoms with van der Waals surface area (Å²) in [7, 11) is 0. The molecule has 7 nitrogen and oxygen atoms in total. The van der Waals surface area contributed by atoms with E-state index in [1.165, 1.54) is 4.88 Å². The number of para-hydroxylation sites is 2. The van der Waals surface area contributed by atoms with Gasteiger partial charge in [-0.05, 0) is 75.2 Å². The number of anilines is 1. The topological polar surface area (TPSA) is 76.5 Å². The molecule has 3 aromatic rings. The van der Waals surface area contributed by atoms with Gasteiger partial charge in [0, 0.05) is 4.88 Å². The molecule has 8 heteroatoms. The summed E-state index contributed by atoms with van der Waals surface area (Å²) in [6.45, 7) is 7.42. The van der Waals surface area contributed by atoms with Crippen LogP contribution in [0.4, 0.5) is 5.69 Å². The first-order valence-electron chi connectivity index (χ1n) is 12.8. The molecule has 1 N–H and O–H groups in total. The van der Waals surface area contributed by atoms with Gasteiger partial charge in [-0.3, -0.25) is 19.1 Å². The van der Waals surface area contributed by atoms with Gasteiger partial charge < -0.3 is 10.1 Å². The van der Waals surface area contributed by atoms with E-state index in [0.29, 0.717) is 36.3 Å². The van der Waals surface area contributed by atoms with Crippen molar-refractivity contribution in [1.29, 1.82) is 0 Å². The maximum atomic E-state index is 13.8. The first-order valence-corrected chi connectivity index (χ1v) is 13.6. The van der Waals surface area contributed by atoms with E-state index in [9.17, 15) is 9.59 Å². The van der Waals surface area contributed by atoms with Gasteiger partial charge in [-0.25, -0.2) is 4.98 Å². The molecule has 0 radical (unpaired) electrons. The molecule has 0 unspecified atom stereocenters. The number of amides is 1. The van der Waals surface area contributed by atoms with Gasteiger partial charge in [0.05, 0.1) is 24.2 Å². The van der Waals surface area contributed by atoms with Crippen molar-refractivity contribution in [2.45, 2.75) is 65.5 Å². The van der Waals surface area contributed by atoms with Gasteiger partial charge in [-0.2, -0.15) is 0 Å². The Kier molecular flexibility index (Phi) is 7.20. The Morgan fingerprint density at radius 3 is 2.86 bits per heavy atom. The molecule has 1 aliphatic carbocycles. The highest BCUT2D eigenvalue weighted by Crippen LogP contribution is 2.36. The predicted molar refractivity (Wildman–Crippen MR) is 140 cm³/mol. The summed E-state index contributed by atoms with van der Waals surface area (Å²) in [4.78, 5) is 36.5. The first kappa shape index (κ1) is 24.0. The van der Waals surface area contributed by atoms with Gasteiger partial charge in [-0.1, -0.05) is 26.0 Å². The molecule has 0 bridgehead atoms. The van der Waals surface area contributed by atoms with Crippen LogP contribution in [-0.4, -0.2) is 40.1 Å². The third-order valence-electron chi connectivity index (χ3n) is 6.98. The predicted octanol–water partition coefficient (Wildman–Crippen LogP) is 4.61. The van der Waals surface area contributed by atoms with Crippen LogP contribution >= 0.6 is 11.3 Å². The number of aromatic nitrogens is 2. The summed E-state index contributed by atoms with van der Waals surface area (Å²) >= 11 is 1.67. The van der Waals surface area contributed by atoms with Crippen LogP contribution in [0.2, 0.25) is 0 Å². The zero-order valence-electron chi connectivity index (χ0n) is 20.6. The van der Waals surface area contributed by atoms with Gasteiger partial charge in [-0.15, -0.1) is 11.3 Å². The Morgan fingerprint density at radius 1 is 1.26 bits per heavy atom. The molecule has 0 saturated carbocycles. The number of aryl methyl sites for hydroxylation is 1. The summed E-state index contributed by atoms with van der Waals surface area (Å²) < 4.78 is 7.40. The number of fused-ring (bicyclic) bond motifs is 3. The Hall–Kier alpha value is -2.71. The number of hydrogen-bond donors (Lipinski definition) is 1. The minimum absolute atomic E-state index is 0.0614. The molecule has 2 aromatic heterocycles. The zero-order chi connectivity index (χ0) is 24.4. The monoisotopic (exact) mass is 494 g/mol. The minimum Gasteiger partial charge on any atom is -0.491 e. The number of carbonyl (C=O) groups excluding carboxylic acids is 1. The lowest BCUT2D eigenvalue weighted by Crippen LogP contribution is -2.34. The van der Waals surface area contributed by atoms with Crippen LogP contribution in [0.1, 0.15) is 55.8 Å². The van der Waals surface area contributed by atoms with Crippen molar-refractivity contribution < 1.29 is 9.53 Å². The molecule has 1 saturated heterocycles. The number of benzene rings is 1. The van der Waals surface area contributed by atoms with Crippen molar-refractivity contribution >= 4 is 33.1 Å². The van der Waals surface area contributed by atoms with Crippen molar-refractivity contribution in [3.05, 3.63) is 50.9 Å². The molecule has 2 aliphatic rings. The number of nitrogens with one attached hydrogen (secondary N) is 1. The van der Waals surface area contributed by atoms with Crippen LogP contribution in [0.15, 0.2) is 29.1 Å². The third-order valence-corrected chi connectivity index (χ3v) is 8.13. The van der Waals surface area contributed by atoms with Crippen LogP contribution in [0.25, 0.3) is 10.2 Å². The molecule has 1 amide bonds. The minimum atomic E-state index is -0.249. The van der Waals surface area contributed by atoms with Crippen LogP contribution in [0, 0.1) is 5.92 Å². The van der Waals surface area contributed by atoms with Crippen molar-refractivity contribution in [1.82, 2.24) is 14.5 Å². The van der Waals surface area contributed by atoms with Gasteiger partial charge in [0.15, 0.2) is 0 Å². The summed E-state index contributed by atoms with van der Waals surface area (Å²) in [6, 6.07) is 7.43. The fraction of sp³-hybridized carbons (Fsp3) is 0.519. The lowest BCUT2D eigenvalue weighted by molar-refractivity contribution is -0.116. The van der Waals surface area contributed by atoms with E-state index in [4.69, 9.17) is 9.72 Å². The summed E-state index contributed by atoms with van der Waals surface area (Å²) in [6.07, 6.45) is 6.20. The van der Waals surface area contributed by atoms with Crippen molar-refractivity contribution in [2.24, 2.45) is 5.92 Å². The second-order valence-electron chi connectivity index (χ2n) is 9.83. The highest BCUT2D eigenvalue weighted by atomic mass is 32.1. The van der Waals surface area contributed by atoms with Crippen LogP contribution in [0.3, 0.4) is 0 Å². The van der Waals surface area contributed by atoms with E-state index in [1.807, 2.05) is 31.2 Å². The van der Waals surface area contributed by atoms with Gasteiger partial charge in [0.25, 0.3) is 5.56 Å². The lowest BCUT2D eigenvalue weighted by atomic mass is 9.89. The number of likely N-dealkylation sites (tertiary alicyclic amines) is 1. The average molecular weight is 495 g/mol. The smallest absolute Gasteiger partial charge is 0.263 e. The standard InChI is InChI=1S/C27H34N4O3S/c1-3-14-34-21-9-5-4-8-20(21)28-24(32)17-31-23(16-30-12-6-7-13-30)29-26-25(27(31)33)19-11-10-18(2)15-22(19)35-26/h4-5,8-9,18H,3,6-7,10-17H2,1-2H3,(H,28,32)/t18-/m0/s1. The highest BCUT2D eigenvalue weighted by molar-refractivity contribution is 7.18. The second kappa shape index (κ2) is 10.5. The van der Waals surface area contributed by atoms with Crippen LogP contribution in [-0.2, 0) is 30.7 Å². The first-order chi connectivity index (χ1) is 17.0. The number of thiophene rings is 1. The molecule has 35 heavy (non-hydrogen) atoms. The van der Waals surface area contributed by atoms with Gasteiger partial charge in [0.2, 0.25) is 5.91 Å². The Morgan fingerprint density at radius 2 is 2.06 bits per heavy atom. The van der Waals surface area contributed by atoms with Crippen molar-refractivity contribution in [3.63, 3.8) is 0 Å². The molecular weight excluding hydrogens is 460 g/mol. The van der Waals surface area contributed by atoms with Crippen LogP contribution in [0.5, 0.6) is 5.75 Å². The van der Waals surface area contributed by atoms with E-state index >= 15 is 0 Å². The molecule has 1 aliphatic heterocycles. The highest BCUT2D eigenvalue weighted by Gasteiger charge is 2.26. The molecule has 0 spiro atoms. The molecule has 3 heterocycles. The van der Waals surface area contributed by atoms with Gasteiger partial charge in [0.1, 0.15) is 22.9 Å². The maximum Gasteiger partial charge on any atom is 0.263 e. The lowest BCUT2D eigenvalue weighted by Gasteiger charge is -2.19. The Bertz CT molecular complexity index is 1280. The molecule has 1 fully saturated rings. The summed E-state index contributed by atoms with van der Waals surface area (Å²) in [5.41, 5.74) is 1.69. The van der Waals surface area contributed by atoms with Crippen molar-refractivity contribution in [3.8, 4) is 5.75 Å². The quantitative estimate of drug-likeness (QED) is 0.495. The van der Waals surface area contributed by atoms with E-state index in [1.54, 1.807) is 15.9 Å². The van der Waals surface area contributed by atoms with Crippen molar-refractivity contribution in [2.75, 3.05) is 25.0 Å². The number of nitrogens with zero attached hydrogens (tertiary/aromatic N) is 3. The normalized spacial score (nSPS) is 18.1. The second-order valence-corrected chi connectivity index (χ2v) is 10.9. The molecular formula is C27H34N4O3S. The summed E-state index contributed by atoms with van der Waals surface area (Å²) in [5.74, 6) is 1.70. The van der Waals surface area contributed by atoms with Gasteiger partial charge >= 0.3 is 0 Å². The molecule has 186 valence electrons. The average Bonchev–Trinajstić information content (AvgIpc) is 3.48. The van der Waals surface area contributed by atoms with Crippen LogP contribution < -0.4 is 15.6 Å². The fourth-order valence-electron chi connectivity index (χ4n) is 5.13. The zero-order valence-corrected chi connectivity index (χ0v) is 21.5. The largest absolute Gasteiger partial charge is 0.491 e. The number of ether oxygens (including phenoxy) is 1. The maximum absolute atomic E-state index is 13.8. The third kappa shape index (κ3) is 5.14. The molecule has 1 atom stereocenters. The number of rotatable bonds is 8. The van der Waals surface area contributed by atoms with E-state index < -0.39 is 0 Å². The Labute approximate surface area is 210 Å². The Balaban J connectivity index is 1.48. The summed E-state index contributed by atoms with van der Waals surface area (Å²) in [5, 5.41) is 3.69. The SMILES string of the molecule is CCCOc1ccccc1NC(=O)Cn1c(CN2CCCC2)nc2sc3c(c2c1=O)CC[C@H](C)C3.